The minimum Gasteiger partial charge on any atom is -0.361 e. The topological polar surface area (TPSA) is 167 Å². The van der Waals surface area contributed by atoms with Crippen LogP contribution in [0.25, 0.3) is 22.3 Å². The molecule has 4 heterocycles. The lowest BCUT2D eigenvalue weighted by Gasteiger charge is -2.34. The van der Waals surface area contributed by atoms with Crippen LogP contribution in [-0.2, 0) is 55.2 Å². The molecule has 5 atom stereocenters. The van der Waals surface area contributed by atoms with Crippen molar-refractivity contribution in [3.8, 4) is 22.3 Å². The van der Waals surface area contributed by atoms with Gasteiger partial charge in [-0.25, -0.2) is 9.59 Å². The highest BCUT2D eigenvalue weighted by Crippen LogP contribution is 2.61. The fourth-order valence-electron chi connectivity index (χ4n) is 12.4. The van der Waals surface area contributed by atoms with Crippen molar-refractivity contribution in [2.75, 3.05) is 13.1 Å². The predicted octanol–water partition coefficient (Wildman–Crippen LogP) is 10.8. The fourth-order valence-corrected chi connectivity index (χ4v) is 12.4. The molecule has 7 aromatic rings. The van der Waals surface area contributed by atoms with E-state index in [0.717, 1.165) is 90.2 Å². The summed E-state index contributed by atoms with van der Waals surface area (Å²) in [6.45, 7) is 19.0. The van der Waals surface area contributed by atoms with Gasteiger partial charge in [0, 0.05) is 85.4 Å². The van der Waals surface area contributed by atoms with Gasteiger partial charge in [-0.3, -0.25) is 14.3 Å². The van der Waals surface area contributed by atoms with Gasteiger partial charge < -0.3 is 35.6 Å². The summed E-state index contributed by atoms with van der Waals surface area (Å²) in [7, 11) is 0. The highest BCUT2D eigenvalue weighted by Gasteiger charge is 2.56. The van der Waals surface area contributed by atoms with Gasteiger partial charge in [0.05, 0.1) is 24.4 Å². The van der Waals surface area contributed by atoms with Crippen molar-refractivity contribution < 1.29 is 23.7 Å². The summed E-state index contributed by atoms with van der Waals surface area (Å²) in [4.78, 5) is 59.2. The summed E-state index contributed by atoms with van der Waals surface area (Å²) in [5, 5.41) is 22.1. The number of urea groups is 2. The van der Waals surface area contributed by atoms with Gasteiger partial charge >= 0.3 is 12.1 Å². The van der Waals surface area contributed by atoms with Crippen LogP contribution in [0.3, 0.4) is 0 Å². The molecule has 2 aliphatic carbocycles. The Morgan fingerprint density at radius 3 is 1.77 bits per heavy atom. The highest BCUT2D eigenvalue weighted by atomic mass is 16.5. The number of fused-ring (bicyclic) bond motifs is 2. The number of nitrogens with one attached hydrogen (secondary N) is 4. The third-order valence-electron chi connectivity index (χ3n) is 16.3. The molecule has 14 nitrogen and oxygen atoms in total. The van der Waals surface area contributed by atoms with Crippen LogP contribution in [0.1, 0.15) is 133 Å². The minimum absolute atomic E-state index is 0.0112. The van der Waals surface area contributed by atoms with E-state index in [2.05, 4.69) is 105 Å². The Hall–Kier alpha value is -8.00. The first-order valence-corrected chi connectivity index (χ1v) is 28.0. The zero-order valence-corrected chi connectivity index (χ0v) is 46.8. The SMILES string of the molecule is Cc1noc(C)c1-c1ccc(CNC(=O)C2C(c3ccccc3Cn3cc(-c4ccc(CNC(=O)C5C[C@H]5c5ccccc5)c5c4CCN(C(=O)NC(C)(C)C)C5)cn3)[C@H]2c2ccccc2)c2c1CCN(C(=O)NC(C)(C)C)C2. The first kappa shape index (κ1) is 53.0. The van der Waals surface area contributed by atoms with Gasteiger partial charge in [0.2, 0.25) is 11.8 Å². The number of amides is 6. The maximum absolute atomic E-state index is 14.8. The van der Waals surface area contributed by atoms with E-state index in [-0.39, 0.29) is 64.5 Å². The van der Waals surface area contributed by atoms with Crippen LogP contribution in [0.15, 0.2) is 126 Å². The monoisotopic (exact) mass is 1060 g/mol. The van der Waals surface area contributed by atoms with Crippen LogP contribution in [0.2, 0.25) is 0 Å². The van der Waals surface area contributed by atoms with Gasteiger partial charge in [-0.2, -0.15) is 5.10 Å². The lowest BCUT2D eigenvalue weighted by atomic mass is 9.87. The van der Waals surface area contributed by atoms with Crippen molar-refractivity contribution in [1.82, 2.24) is 46.0 Å². The number of hydrogen-bond acceptors (Lipinski definition) is 7. The molecule has 5 aromatic carbocycles. The Morgan fingerprint density at radius 1 is 0.620 bits per heavy atom. The summed E-state index contributed by atoms with van der Waals surface area (Å²) in [5.74, 6) is 0.592. The van der Waals surface area contributed by atoms with Gasteiger partial charge in [0.15, 0.2) is 0 Å². The summed E-state index contributed by atoms with van der Waals surface area (Å²) in [5.41, 5.74) is 15.1. The average molecular weight is 1060 g/mol. The molecule has 0 saturated heterocycles. The second-order valence-corrected chi connectivity index (χ2v) is 24.3. The van der Waals surface area contributed by atoms with E-state index < -0.39 is 0 Å². The Bertz CT molecular complexity index is 3420. The smallest absolute Gasteiger partial charge is 0.318 e. The second-order valence-electron chi connectivity index (χ2n) is 24.3. The van der Waals surface area contributed by atoms with E-state index in [9.17, 15) is 19.2 Å². The van der Waals surface area contributed by atoms with E-state index in [1.807, 2.05) is 112 Å². The maximum atomic E-state index is 14.8. The van der Waals surface area contributed by atoms with Crippen molar-refractivity contribution in [2.24, 2.45) is 11.8 Å². The fraction of sp³-hybridized carbons (Fsp3) is 0.385. The third kappa shape index (κ3) is 11.3. The Kier molecular flexibility index (Phi) is 14.3. The van der Waals surface area contributed by atoms with Crippen LogP contribution in [0.5, 0.6) is 0 Å². The third-order valence-corrected chi connectivity index (χ3v) is 16.3. The lowest BCUT2D eigenvalue weighted by molar-refractivity contribution is -0.123. The van der Waals surface area contributed by atoms with Crippen LogP contribution >= 0.6 is 0 Å². The maximum Gasteiger partial charge on any atom is 0.318 e. The standard InChI is InChI=1S/C65H73N9O5/c1-39-56(40(2)79-71-39)51-26-24-44(55-38-73(30-28-50(51)55)63(78)70-65(6,7)8)33-67-61(76)59-57(42-19-13-10-14-20-42)58(59)48-22-16-15-21-45(48)35-74-36-46(34-68-74)47-25-23-43(32-66-60(75)53-31-52(53)41-17-11-9-12-18-41)54-37-72(29-27-49(47)54)62(77)69-64(3,4)5/h9-26,34,36,52-53,57-59H,27-33,35,37-38H2,1-8H3,(H,66,75)(H,67,76)(H,69,77)(H,70,78)/t52-,53?,57+,58?,59?/m0/s1. The molecule has 2 aliphatic heterocycles. The zero-order valence-electron chi connectivity index (χ0n) is 46.8. The highest BCUT2D eigenvalue weighted by molar-refractivity contribution is 5.86. The molecule has 4 N–H and O–H groups in total. The molecule has 0 radical (unpaired) electrons. The van der Waals surface area contributed by atoms with Gasteiger partial charge in [0.1, 0.15) is 5.76 Å². The van der Waals surface area contributed by atoms with E-state index in [4.69, 9.17) is 9.62 Å². The molecular formula is C65H73N9O5. The number of rotatable bonds is 13. The minimum atomic E-state index is -0.389. The molecule has 6 amide bonds. The molecular weight excluding hydrogens is 987 g/mol. The molecule has 0 bridgehead atoms. The summed E-state index contributed by atoms with van der Waals surface area (Å²) in [6.07, 6.45) is 6.18. The van der Waals surface area contributed by atoms with Crippen LogP contribution < -0.4 is 21.3 Å². The first-order chi connectivity index (χ1) is 37.9. The van der Waals surface area contributed by atoms with Gasteiger partial charge in [-0.05, 0) is 147 Å². The summed E-state index contributed by atoms with van der Waals surface area (Å²) >= 11 is 0. The Labute approximate surface area is 463 Å². The number of aryl methyl sites for hydroxylation is 2. The molecule has 14 heteroatoms. The van der Waals surface area contributed by atoms with Crippen LogP contribution in [0, 0.1) is 25.7 Å². The van der Waals surface area contributed by atoms with Crippen molar-refractivity contribution in [1.29, 1.82) is 0 Å². The van der Waals surface area contributed by atoms with Crippen LogP contribution in [-0.4, -0.2) is 72.8 Å². The number of nitrogens with zero attached hydrogens (tertiary/aromatic N) is 5. The van der Waals surface area contributed by atoms with Crippen LogP contribution in [0.4, 0.5) is 9.59 Å². The van der Waals surface area contributed by atoms with Gasteiger partial charge in [0.25, 0.3) is 0 Å². The van der Waals surface area contributed by atoms with Crippen molar-refractivity contribution >= 4 is 23.9 Å². The van der Waals surface area contributed by atoms with Crippen molar-refractivity contribution in [2.45, 2.75) is 136 Å². The second kappa shape index (κ2) is 21.3. The van der Waals surface area contributed by atoms with Crippen molar-refractivity contribution in [3.63, 3.8) is 0 Å². The molecule has 2 fully saturated rings. The predicted molar refractivity (Wildman–Crippen MR) is 306 cm³/mol. The summed E-state index contributed by atoms with van der Waals surface area (Å²) in [6, 6.07) is 37.2. The molecule has 11 rings (SSSR count). The number of carbonyl (C=O) groups excluding carboxylic acids is 4. The quantitative estimate of drug-likeness (QED) is 0.0892. The molecule has 79 heavy (non-hydrogen) atoms. The Balaban J connectivity index is 0.834. The van der Waals surface area contributed by atoms with E-state index in [1.54, 1.807) is 0 Å². The molecule has 2 aromatic heterocycles. The summed E-state index contributed by atoms with van der Waals surface area (Å²) < 4.78 is 7.60. The molecule has 0 spiro atoms. The number of carbonyl (C=O) groups is 4. The Morgan fingerprint density at radius 2 is 1.18 bits per heavy atom. The molecule has 2 saturated carbocycles. The number of aromatic nitrogens is 3. The first-order valence-electron chi connectivity index (χ1n) is 28.0. The van der Waals surface area contributed by atoms with Crippen molar-refractivity contribution in [3.05, 3.63) is 189 Å². The van der Waals surface area contributed by atoms with Gasteiger partial charge in [-0.1, -0.05) is 114 Å². The lowest BCUT2D eigenvalue weighted by Crippen LogP contribution is -2.50. The number of benzene rings is 5. The van der Waals surface area contributed by atoms with E-state index >= 15 is 0 Å². The average Bonchev–Trinajstić information content (AvgIpc) is 4.21. The van der Waals surface area contributed by atoms with E-state index in [0.29, 0.717) is 58.7 Å². The number of hydrogen-bond donors (Lipinski definition) is 4. The largest absolute Gasteiger partial charge is 0.361 e. The van der Waals surface area contributed by atoms with Gasteiger partial charge in [-0.15, -0.1) is 0 Å². The molecule has 4 aliphatic rings. The molecule has 3 unspecified atom stereocenters. The van der Waals surface area contributed by atoms with E-state index in [1.165, 1.54) is 5.56 Å². The molecule has 408 valence electrons. The zero-order chi connectivity index (χ0) is 55.3. The normalized spacial score (nSPS) is 19.5.